The number of para-hydroxylation sites is 1. The summed E-state index contributed by atoms with van der Waals surface area (Å²) in [6, 6.07) is 9.81. The van der Waals surface area contributed by atoms with Gasteiger partial charge in [-0.05, 0) is 44.7 Å². The third kappa shape index (κ3) is 8.66. The van der Waals surface area contributed by atoms with Crippen LogP contribution in [-0.4, -0.2) is 55.0 Å². The fourth-order valence-electron chi connectivity index (χ4n) is 3.73. The van der Waals surface area contributed by atoms with Crippen LogP contribution in [0.2, 0.25) is 0 Å². The predicted octanol–water partition coefficient (Wildman–Crippen LogP) is 3.92. The van der Waals surface area contributed by atoms with Crippen LogP contribution >= 0.6 is 0 Å². The molecule has 1 N–H and O–H groups in total. The highest BCUT2D eigenvalue weighted by Gasteiger charge is 2.32. The van der Waals surface area contributed by atoms with E-state index < -0.39 is 42.9 Å². The summed E-state index contributed by atoms with van der Waals surface area (Å²) in [5.74, 6) is -0.927. The first-order valence-electron chi connectivity index (χ1n) is 12.2. The Morgan fingerprint density at radius 1 is 1.03 bits per heavy atom. The first-order valence-corrected chi connectivity index (χ1v) is 12.2. The lowest BCUT2D eigenvalue weighted by molar-refractivity contribution is -0.159. The lowest BCUT2D eigenvalue weighted by Crippen LogP contribution is -2.45. The average molecular weight is 517 g/mol. The third-order valence-electron chi connectivity index (χ3n) is 5.76. The van der Waals surface area contributed by atoms with Gasteiger partial charge in [0, 0.05) is 19.2 Å². The molecule has 1 amide bonds. The number of aromatic nitrogens is 1. The molecule has 1 heterocycles. The minimum atomic E-state index is -0.998. The van der Waals surface area contributed by atoms with Crippen molar-refractivity contribution >= 4 is 17.8 Å². The molecule has 1 aromatic carbocycles. The van der Waals surface area contributed by atoms with Crippen molar-refractivity contribution in [3.05, 3.63) is 48.3 Å². The van der Waals surface area contributed by atoms with Gasteiger partial charge in [0.2, 0.25) is 6.79 Å². The van der Waals surface area contributed by atoms with Crippen LogP contribution in [-0.2, 0) is 19.1 Å². The Kier molecular flexibility index (Phi) is 11.7. The third-order valence-corrected chi connectivity index (χ3v) is 5.76. The molecule has 202 valence electrons. The Hall–Kier alpha value is -3.82. The van der Waals surface area contributed by atoms with E-state index in [1.807, 2.05) is 51.1 Å². The Bertz CT molecular complexity index is 1030. The van der Waals surface area contributed by atoms with Crippen LogP contribution in [0, 0.1) is 5.92 Å². The van der Waals surface area contributed by atoms with Crippen LogP contribution < -0.4 is 19.5 Å². The number of pyridine rings is 1. The number of methoxy groups -OCH3 is 1. The summed E-state index contributed by atoms with van der Waals surface area (Å²) >= 11 is 0. The van der Waals surface area contributed by atoms with Gasteiger partial charge in [-0.3, -0.25) is 9.59 Å². The van der Waals surface area contributed by atoms with E-state index >= 15 is 0 Å². The molecule has 0 spiro atoms. The molecule has 0 aliphatic heterocycles. The molecule has 1 unspecified atom stereocenters. The molecule has 10 heteroatoms. The number of amides is 1. The lowest BCUT2D eigenvalue weighted by Gasteiger charge is -2.31. The summed E-state index contributed by atoms with van der Waals surface area (Å²) < 4.78 is 27.4. The van der Waals surface area contributed by atoms with Gasteiger partial charge in [-0.1, -0.05) is 32.0 Å². The van der Waals surface area contributed by atoms with Crippen molar-refractivity contribution < 1.29 is 38.1 Å². The minimum Gasteiger partial charge on any atom is -0.493 e. The van der Waals surface area contributed by atoms with E-state index in [0.717, 1.165) is 12.8 Å². The van der Waals surface area contributed by atoms with Crippen LogP contribution in [0.1, 0.15) is 57.9 Å². The van der Waals surface area contributed by atoms with E-state index in [-0.39, 0.29) is 23.1 Å². The number of rotatable bonds is 14. The van der Waals surface area contributed by atoms with Gasteiger partial charge in [0.25, 0.3) is 5.91 Å². The summed E-state index contributed by atoms with van der Waals surface area (Å²) in [6.45, 7) is 8.23. The largest absolute Gasteiger partial charge is 0.493 e. The van der Waals surface area contributed by atoms with E-state index in [9.17, 15) is 14.4 Å². The molecule has 0 saturated heterocycles. The predicted molar refractivity (Wildman–Crippen MR) is 135 cm³/mol. The number of ether oxygens (including phenoxy) is 5. The van der Waals surface area contributed by atoms with E-state index in [1.165, 1.54) is 33.2 Å². The van der Waals surface area contributed by atoms with E-state index in [0.29, 0.717) is 5.75 Å². The molecule has 0 bridgehead atoms. The van der Waals surface area contributed by atoms with E-state index in [2.05, 4.69) is 10.3 Å². The van der Waals surface area contributed by atoms with Crippen molar-refractivity contribution in [2.45, 2.75) is 65.7 Å². The minimum absolute atomic E-state index is 0.0240. The maximum absolute atomic E-state index is 13.0. The fourth-order valence-corrected chi connectivity index (χ4v) is 3.73. The molecule has 37 heavy (non-hydrogen) atoms. The highest BCUT2D eigenvalue weighted by atomic mass is 16.7. The average Bonchev–Trinajstić information content (AvgIpc) is 2.88. The van der Waals surface area contributed by atoms with Crippen molar-refractivity contribution in [3.8, 4) is 17.2 Å². The first kappa shape index (κ1) is 29.4. The number of benzene rings is 1. The van der Waals surface area contributed by atoms with Crippen molar-refractivity contribution in [1.82, 2.24) is 10.3 Å². The fraction of sp³-hybridized carbons (Fsp3) is 0.481. The molecule has 3 atom stereocenters. The topological polar surface area (TPSA) is 122 Å². The highest BCUT2D eigenvalue weighted by molar-refractivity contribution is 5.98. The standard InChI is InChI=1S/C27H36N2O8/c1-7-20(8-2)24(18(4)36-21-12-10-9-11-13-21)37-27(32)17(3)29-26(31)23-25(35-16-34-19(5)30)22(33-6)14-15-28-23/h9-15,17-18,20,24H,7-8,16H2,1-6H3,(H,29,31)/t17-,18-,24?/m0/s1. The van der Waals surface area contributed by atoms with Gasteiger partial charge in [0.05, 0.1) is 7.11 Å². The van der Waals surface area contributed by atoms with Crippen LogP contribution in [0.4, 0.5) is 0 Å². The molecule has 1 aromatic heterocycles. The lowest BCUT2D eigenvalue weighted by atomic mass is 9.93. The second-order valence-corrected chi connectivity index (χ2v) is 8.40. The molecule has 0 aliphatic carbocycles. The number of carbonyl (C=O) groups excluding carboxylic acids is 3. The Labute approximate surface area is 217 Å². The SMILES string of the molecule is CCC(CC)C(OC(=O)[C@H](C)NC(=O)c1nccc(OC)c1OCOC(C)=O)[C@H](C)Oc1ccccc1. The molecule has 0 aliphatic rings. The van der Waals surface area contributed by atoms with Crippen molar-refractivity contribution in [2.24, 2.45) is 5.92 Å². The van der Waals surface area contributed by atoms with E-state index in [4.69, 9.17) is 23.7 Å². The van der Waals surface area contributed by atoms with Gasteiger partial charge < -0.3 is 29.0 Å². The normalized spacial score (nSPS) is 13.2. The second-order valence-electron chi connectivity index (χ2n) is 8.40. The summed E-state index contributed by atoms with van der Waals surface area (Å²) in [7, 11) is 1.40. The zero-order chi connectivity index (χ0) is 27.4. The van der Waals surface area contributed by atoms with Gasteiger partial charge in [-0.25, -0.2) is 9.78 Å². The number of hydrogen-bond donors (Lipinski definition) is 1. The van der Waals surface area contributed by atoms with Crippen LogP contribution in [0.25, 0.3) is 0 Å². The molecule has 0 saturated carbocycles. The molecule has 0 radical (unpaired) electrons. The maximum Gasteiger partial charge on any atom is 0.328 e. The van der Waals surface area contributed by atoms with Crippen molar-refractivity contribution in [3.63, 3.8) is 0 Å². The molecule has 10 nitrogen and oxygen atoms in total. The van der Waals surface area contributed by atoms with Crippen molar-refractivity contribution in [2.75, 3.05) is 13.9 Å². The van der Waals surface area contributed by atoms with E-state index in [1.54, 1.807) is 0 Å². The molecular weight excluding hydrogens is 480 g/mol. The summed E-state index contributed by atoms with van der Waals surface area (Å²) in [5, 5.41) is 2.60. The van der Waals surface area contributed by atoms with Gasteiger partial charge >= 0.3 is 11.9 Å². The van der Waals surface area contributed by atoms with Gasteiger partial charge in [0.1, 0.15) is 24.0 Å². The quantitative estimate of drug-likeness (QED) is 0.294. The number of hydrogen-bond acceptors (Lipinski definition) is 9. The molecule has 2 aromatic rings. The van der Waals surface area contributed by atoms with Crippen LogP contribution in [0.15, 0.2) is 42.6 Å². The summed E-state index contributed by atoms with van der Waals surface area (Å²) in [6.07, 6.45) is 1.99. The zero-order valence-electron chi connectivity index (χ0n) is 22.2. The Morgan fingerprint density at radius 3 is 2.30 bits per heavy atom. The highest BCUT2D eigenvalue weighted by Crippen LogP contribution is 2.30. The Balaban J connectivity index is 2.14. The van der Waals surface area contributed by atoms with Crippen molar-refractivity contribution in [1.29, 1.82) is 0 Å². The summed E-state index contributed by atoms with van der Waals surface area (Å²) in [5.41, 5.74) is -0.136. The number of carbonyl (C=O) groups is 3. The Morgan fingerprint density at radius 2 is 1.70 bits per heavy atom. The smallest absolute Gasteiger partial charge is 0.328 e. The van der Waals surface area contributed by atoms with Crippen LogP contribution in [0.5, 0.6) is 17.2 Å². The molecular formula is C27H36N2O8. The molecule has 2 rings (SSSR count). The number of nitrogens with zero attached hydrogens (tertiary/aromatic N) is 1. The second kappa shape index (κ2) is 14.7. The van der Waals surface area contributed by atoms with Gasteiger partial charge in [0.15, 0.2) is 17.2 Å². The maximum atomic E-state index is 13.0. The summed E-state index contributed by atoms with van der Waals surface area (Å²) in [4.78, 5) is 41.2. The molecule has 0 fully saturated rings. The number of esters is 2. The number of nitrogens with one attached hydrogen (secondary N) is 1. The van der Waals surface area contributed by atoms with Gasteiger partial charge in [-0.2, -0.15) is 0 Å². The van der Waals surface area contributed by atoms with Crippen LogP contribution in [0.3, 0.4) is 0 Å². The first-order chi connectivity index (χ1) is 17.7. The van der Waals surface area contributed by atoms with Gasteiger partial charge in [-0.15, -0.1) is 0 Å². The monoisotopic (exact) mass is 516 g/mol. The zero-order valence-corrected chi connectivity index (χ0v) is 22.2.